The molecular weight excluding hydrogens is 498 g/mol. The maximum Gasteiger partial charge on any atom is 0.321 e. The number of pyridine rings is 1. The highest BCUT2D eigenvalue weighted by atomic mass is 35.5. The highest BCUT2D eigenvalue weighted by Crippen LogP contribution is 2.36. The second-order valence-electron chi connectivity index (χ2n) is 8.23. The number of nitrogens with zero attached hydrogens (tertiary/aromatic N) is 2. The minimum absolute atomic E-state index is 0.127. The fourth-order valence-corrected chi connectivity index (χ4v) is 4.44. The third-order valence-corrected chi connectivity index (χ3v) is 6.31. The van der Waals surface area contributed by atoms with Crippen molar-refractivity contribution < 1.29 is 24.3 Å². The molecule has 1 aromatic heterocycles. The molecule has 0 spiro atoms. The molecule has 1 atom stereocenters. The molecule has 0 saturated carbocycles. The lowest BCUT2D eigenvalue weighted by molar-refractivity contribution is -0.384. The molecule has 10 heteroatoms. The van der Waals surface area contributed by atoms with E-state index in [-0.39, 0.29) is 29.2 Å². The van der Waals surface area contributed by atoms with Crippen molar-refractivity contribution in [3.05, 3.63) is 93.0 Å². The van der Waals surface area contributed by atoms with Crippen LogP contribution in [-0.2, 0) is 17.8 Å². The zero-order valence-corrected chi connectivity index (χ0v) is 20.9. The van der Waals surface area contributed by atoms with Crippen LogP contribution in [0, 0.1) is 10.1 Å². The maximum atomic E-state index is 12.0. The predicted octanol–water partition coefficient (Wildman–Crippen LogP) is 5.27. The molecule has 2 N–H and O–H groups in total. The molecule has 0 saturated heterocycles. The van der Waals surface area contributed by atoms with Crippen LogP contribution in [0.4, 0.5) is 5.69 Å². The van der Waals surface area contributed by atoms with E-state index in [0.29, 0.717) is 22.7 Å². The lowest BCUT2D eigenvalue weighted by Crippen LogP contribution is -2.38. The number of aromatic nitrogens is 1. The maximum absolute atomic E-state index is 12.0. The van der Waals surface area contributed by atoms with Gasteiger partial charge < -0.3 is 14.6 Å². The third kappa shape index (κ3) is 5.63. The van der Waals surface area contributed by atoms with Crippen molar-refractivity contribution in [2.45, 2.75) is 19.0 Å². The number of carbonyl (C=O) groups is 1. The molecule has 0 radical (unpaired) electrons. The van der Waals surface area contributed by atoms with E-state index >= 15 is 0 Å². The smallest absolute Gasteiger partial charge is 0.321 e. The topological polar surface area (TPSA) is 124 Å². The van der Waals surface area contributed by atoms with E-state index in [1.54, 1.807) is 62.8 Å². The molecule has 0 amide bonds. The summed E-state index contributed by atoms with van der Waals surface area (Å²) in [6, 6.07) is 17.9. The number of halogens is 1. The lowest BCUT2D eigenvalue weighted by Gasteiger charge is -2.18. The van der Waals surface area contributed by atoms with Gasteiger partial charge in [-0.2, -0.15) is 0 Å². The Morgan fingerprint density at radius 1 is 1.08 bits per heavy atom. The van der Waals surface area contributed by atoms with E-state index in [2.05, 4.69) is 10.3 Å². The van der Waals surface area contributed by atoms with Crippen LogP contribution in [0.2, 0.25) is 5.02 Å². The minimum atomic E-state index is -0.992. The number of nitro benzene ring substituents is 1. The number of nitrogens with one attached hydrogen (secondary N) is 1. The number of rotatable bonds is 10. The van der Waals surface area contributed by atoms with Crippen LogP contribution < -0.4 is 14.8 Å². The third-order valence-electron chi connectivity index (χ3n) is 5.99. The van der Waals surface area contributed by atoms with Crippen molar-refractivity contribution in [1.82, 2.24) is 10.3 Å². The largest absolute Gasteiger partial charge is 0.496 e. The molecular formula is C27H24ClN3O6. The SMILES string of the molecule is COc1cccc(OC)c1CNC(Cc1ccc2nc(-c3c(Cl)cccc3[N+](=O)[O-])ccc2c1)C(=O)O. The number of hydrogen-bond donors (Lipinski definition) is 2. The first-order valence-electron chi connectivity index (χ1n) is 11.3. The number of carboxylic acid groups (broad SMARTS) is 1. The van der Waals surface area contributed by atoms with Crippen molar-refractivity contribution in [2.75, 3.05) is 14.2 Å². The van der Waals surface area contributed by atoms with Gasteiger partial charge in [-0.15, -0.1) is 0 Å². The number of hydrogen-bond acceptors (Lipinski definition) is 7. The van der Waals surface area contributed by atoms with Crippen molar-refractivity contribution in [3.63, 3.8) is 0 Å². The van der Waals surface area contributed by atoms with Gasteiger partial charge in [0.2, 0.25) is 0 Å². The molecule has 0 aliphatic heterocycles. The minimum Gasteiger partial charge on any atom is -0.496 e. The number of benzene rings is 3. The molecule has 0 fully saturated rings. The number of carboxylic acids is 1. The van der Waals surface area contributed by atoms with Gasteiger partial charge in [0, 0.05) is 23.6 Å². The Morgan fingerprint density at radius 2 is 1.78 bits per heavy atom. The first-order valence-corrected chi connectivity index (χ1v) is 11.7. The molecule has 1 unspecified atom stereocenters. The van der Waals surface area contributed by atoms with Gasteiger partial charge in [-0.05, 0) is 48.4 Å². The van der Waals surface area contributed by atoms with Crippen molar-refractivity contribution in [3.8, 4) is 22.8 Å². The van der Waals surface area contributed by atoms with Crippen LogP contribution in [0.15, 0.2) is 66.7 Å². The van der Waals surface area contributed by atoms with Crippen LogP contribution in [0.3, 0.4) is 0 Å². The summed E-state index contributed by atoms with van der Waals surface area (Å²) in [6.45, 7) is 0.235. The zero-order valence-electron chi connectivity index (χ0n) is 20.1. The first-order chi connectivity index (χ1) is 17.8. The molecule has 3 aromatic carbocycles. The standard InChI is InChI=1S/C27H24ClN3O6/c1-36-24-7-4-8-25(37-2)18(24)15-29-22(27(32)33)14-16-9-11-20-17(13-16)10-12-21(30-20)26-19(28)5-3-6-23(26)31(34)35/h3-13,22,29H,14-15H2,1-2H3,(H,32,33). The summed E-state index contributed by atoms with van der Waals surface area (Å²) in [5, 5.41) is 25.4. The number of fused-ring (bicyclic) bond motifs is 1. The molecule has 1 heterocycles. The van der Waals surface area contributed by atoms with Gasteiger partial charge in [0.25, 0.3) is 5.69 Å². The summed E-state index contributed by atoms with van der Waals surface area (Å²) in [5.41, 5.74) is 2.63. The van der Waals surface area contributed by atoms with Crippen LogP contribution in [-0.4, -0.2) is 41.2 Å². The molecule has 9 nitrogen and oxygen atoms in total. The lowest BCUT2D eigenvalue weighted by atomic mass is 10.0. The van der Waals surface area contributed by atoms with Gasteiger partial charge in [0.1, 0.15) is 17.5 Å². The van der Waals surface area contributed by atoms with Crippen LogP contribution in [0.25, 0.3) is 22.2 Å². The highest BCUT2D eigenvalue weighted by molar-refractivity contribution is 6.33. The number of nitro groups is 1. The Balaban J connectivity index is 1.58. The van der Waals surface area contributed by atoms with Crippen molar-refractivity contribution in [2.24, 2.45) is 0 Å². The molecule has 0 aliphatic rings. The Kier molecular flexibility index (Phi) is 7.86. The van der Waals surface area contributed by atoms with Gasteiger partial charge in [-0.1, -0.05) is 35.9 Å². The molecule has 4 aromatic rings. The van der Waals surface area contributed by atoms with Crippen LogP contribution in [0.5, 0.6) is 11.5 Å². The van der Waals surface area contributed by atoms with E-state index < -0.39 is 16.9 Å². The number of methoxy groups -OCH3 is 2. The molecule has 0 bridgehead atoms. The average molecular weight is 522 g/mol. The summed E-state index contributed by atoms with van der Waals surface area (Å²) in [7, 11) is 3.09. The molecule has 0 aliphatic carbocycles. The van der Waals surface area contributed by atoms with Crippen molar-refractivity contribution in [1.29, 1.82) is 0 Å². The summed E-state index contributed by atoms with van der Waals surface area (Å²) < 4.78 is 10.8. The highest BCUT2D eigenvalue weighted by Gasteiger charge is 2.21. The Morgan fingerprint density at radius 3 is 2.43 bits per heavy atom. The normalized spacial score (nSPS) is 11.8. The Labute approximate surface area is 217 Å². The van der Waals surface area contributed by atoms with Gasteiger partial charge in [-0.3, -0.25) is 20.2 Å². The number of ether oxygens (including phenoxy) is 2. The van der Waals surface area contributed by atoms with E-state index in [1.807, 2.05) is 6.07 Å². The fourth-order valence-electron chi connectivity index (χ4n) is 4.17. The molecule has 190 valence electrons. The van der Waals surface area contributed by atoms with Crippen LogP contribution in [0.1, 0.15) is 11.1 Å². The Bertz CT molecular complexity index is 1450. The molecule has 37 heavy (non-hydrogen) atoms. The van der Waals surface area contributed by atoms with Gasteiger partial charge >= 0.3 is 5.97 Å². The summed E-state index contributed by atoms with van der Waals surface area (Å²) in [4.78, 5) is 27.6. The van der Waals surface area contributed by atoms with Gasteiger partial charge in [0.05, 0.1) is 40.9 Å². The van der Waals surface area contributed by atoms with Gasteiger partial charge in [0.15, 0.2) is 0 Å². The molecule has 4 rings (SSSR count). The predicted molar refractivity (Wildman–Crippen MR) is 140 cm³/mol. The quantitative estimate of drug-likeness (QED) is 0.214. The van der Waals surface area contributed by atoms with E-state index in [9.17, 15) is 20.0 Å². The second-order valence-corrected chi connectivity index (χ2v) is 8.64. The average Bonchev–Trinajstić information content (AvgIpc) is 2.90. The van der Waals surface area contributed by atoms with E-state index in [0.717, 1.165) is 16.5 Å². The van der Waals surface area contributed by atoms with Crippen LogP contribution >= 0.6 is 11.6 Å². The van der Waals surface area contributed by atoms with E-state index in [4.69, 9.17) is 21.1 Å². The number of aliphatic carboxylic acids is 1. The van der Waals surface area contributed by atoms with Crippen molar-refractivity contribution >= 4 is 34.2 Å². The van der Waals surface area contributed by atoms with E-state index in [1.165, 1.54) is 12.1 Å². The first kappa shape index (κ1) is 25.9. The zero-order chi connectivity index (χ0) is 26.5. The monoisotopic (exact) mass is 521 g/mol. The Hall–Kier alpha value is -4.21. The second kappa shape index (κ2) is 11.2. The summed E-state index contributed by atoms with van der Waals surface area (Å²) in [5.74, 6) is 0.207. The summed E-state index contributed by atoms with van der Waals surface area (Å²) in [6.07, 6.45) is 0.223. The summed E-state index contributed by atoms with van der Waals surface area (Å²) >= 11 is 6.26. The van der Waals surface area contributed by atoms with Gasteiger partial charge in [-0.25, -0.2) is 4.98 Å². The fraction of sp³-hybridized carbons (Fsp3) is 0.185.